The Morgan fingerprint density at radius 2 is 2.06 bits per heavy atom. The van der Waals surface area contributed by atoms with Crippen molar-refractivity contribution in [1.82, 2.24) is 9.88 Å². The number of amides is 1. The molecule has 0 bridgehead atoms. The number of rotatable bonds is 8. The molecule has 1 aliphatic heterocycles. The zero-order valence-corrected chi connectivity index (χ0v) is 19.0. The van der Waals surface area contributed by atoms with Crippen LogP contribution in [0.25, 0.3) is 11.3 Å². The average molecular weight is 458 g/mol. The normalized spacial score (nSPS) is 14.5. The first-order valence-electron chi connectivity index (χ1n) is 10.6. The van der Waals surface area contributed by atoms with Crippen LogP contribution in [-0.4, -0.2) is 43.9 Å². The van der Waals surface area contributed by atoms with Crippen molar-refractivity contribution < 1.29 is 24.4 Å². The highest BCUT2D eigenvalue weighted by Gasteiger charge is 2.28. The maximum atomic E-state index is 12.8. The predicted molar refractivity (Wildman–Crippen MR) is 121 cm³/mol. The maximum absolute atomic E-state index is 12.8. The van der Waals surface area contributed by atoms with Crippen LogP contribution < -0.4 is 31.5 Å². The number of carbonyl (C=O) groups excluding carboxylic acids is 1. The SMILES string of the molecule is CCC1Cc2cc(OCCCOC)c(OC)cc2-c2cc(=O)c(C(=O)NC(=[NH2+])N=NN)cn21. The fourth-order valence-electron chi connectivity index (χ4n) is 3.87. The van der Waals surface area contributed by atoms with Gasteiger partial charge in [0.2, 0.25) is 0 Å². The second-order valence-corrected chi connectivity index (χ2v) is 7.52. The van der Waals surface area contributed by atoms with E-state index in [0.29, 0.717) is 36.8 Å². The number of pyridine rings is 1. The molecule has 1 aromatic carbocycles. The number of nitrogens with one attached hydrogen (secondary N) is 1. The monoisotopic (exact) mass is 457 g/mol. The third-order valence-corrected chi connectivity index (χ3v) is 5.47. The van der Waals surface area contributed by atoms with Crippen LogP contribution in [0.2, 0.25) is 0 Å². The smallest absolute Gasteiger partial charge is 0.414 e. The standard InChI is InChI=1S/C22H28N6O5/c1-4-14-8-13-9-20(33-7-5-6-31-2)19(32-3)10-15(13)17-11-18(29)16(12-28(14)17)21(30)25-22(23)26-27-24/h9-12,14H,4-8H2,1-3H3,(H4,23,24,25,26,30)/p+1. The molecule has 0 saturated heterocycles. The van der Waals surface area contributed by atoms with Crippen molar-refractivity contribution in [1.29, 1.82) is 0 Å². The van der Waals surface area contributed by atoms with E-state index >= 15 is 0 Å². The quantitative estimate of drug-likeness (QED) is 0.132. The summed E-state index contributed by atoms with van der Waals surface area (Å²) in [6.45, 7) is 3.16. The van der Waals surface area contributed by atoms with Gasteiger partial charge in [0.15, 0.2) is 16.9 Å². The van der Waals surface area contributed by atoms with Gasteiger partial charge in [0.25, 0.3) is 0 Å². The topological polar surface area (TPSA) is 155 Å². The van der Waals surface area contributed by atoms with Gasteiger partial charge >= 0.3 is 11.9 Å². The van der Waals surface area contributed by atoms with E-state index in [0.717, 1.165) is 24.0 Å². The molecular weight excluding hydrogens is 428 g/mol. The predicted octanol–water partition coefficient (Wildman–Crippen LogP) is 0.617. The molecule has 0 saturated carbocycles. The van der Waals surface area contributed by atoms with Gasteiger partial charge in [-0.25, -0.2) is 5.32 Å². The van der Waals surface area contributed by atoms with Crippen molar-refractivity contribution in [2.75, 3.05) is 27.4 Å². The lowest BCUT2D eigenvalue weighted by atomic mass is 9.90. The largest absolute Gasteiger partial charge is 0.493 e. The molecule has 11 heteroatoms. The molecule has 1 unspecified atom stereocenters. The number of guanidine groups is 1. The van der Waals surface area contributed by atoms with Crippen molar-refractivity contribution in [3.63, 3.8) is 0 Å². The lowest BCUT2D eigenvalue weighted by molar-refractivity contribution is -0.119. The molecule has 0 radical (unpaired) electrons. The number of benzene rings is 1. The minimum atomic E-state index is -0.682. The van der Waals surface area contributed by atoms with Gasteiger partial charge in [-0.1, -0.05) is 6.92 Å². The Morgan fingerprint density at radius 1 is 1.27 bits per heavy atom. The molecule has 11 nitrogen and oxygen atoms in total. The molecule has 1 aromatic heterocycles. The summed E-state index contributed by atoms with van der Waals surface area (Å²) in [5.74, 6) is 5.17. The van der Waals surface area contributed by atoms with Crippen LogP contribution in [0.3, 0.4) is 0 Å². The minimum absolute atomic E-state index is 0.0412. The molecule has 2 aromatic rings. The van der Waals surface area contributed by atoms with Gasteiger partial charge in [0.1, 0.15) is 5.56 Å². The highest BCUT2D eigenvalue weighted by atomic mass is 16.5. The first-order valence-corrected chi connectivity index (χ1v) is 10.6. The molecule has 1 atom stereocenters. The van der Waals surface area contributed by atoms with E-state index in [2.05, 4.69) is 22.6 Å². The number of nitrogens with zero attached hydrogens (tertiary/aromatic N) is 3. The summed E-state index contributed by atoms with van der Waals surface area (Å²) in [5, 5.41) is 14.2. The Morgan fingerprint density at radius 3 is 2.73 bits per heavy atom. The highest BCUT2D eigenvalue weighted by Crippen LogP contribution is 2.41. The Labute approximate surface area is 191 Å². The third-order valence-electron chi connectivity index (χ3n) is 5.47. The second kappa shape index (κ2) is 10.7. The van der Waals surface area contributed by atoms with Crippen molar-refractivity contribution in [2.24, 2.45) is 16.2 Å². The van der Waals surface area contributed by atoms with Crippen LogP contribution >= 0.6 is 0 Å². The highest BCUT2D eigenvalue weighted by molar-refractivity contribution is 6.04. The number of hydrogen-bond donors (Lipinski definition) is 3. The zero-order chi connectivity index (χ0) is 24.0. The molecule has 2 heterocycles. The first kappa shape index (κ1) is 23.9. The summed E-state index contributed by atoms with van der Waals surface area (Å²) in [4.78, 5) is 25.4. The first-order chi connectivity index (χ1) is 15.9. The van der Waals surface area contributed by atoms with Crippen LogP contribution in [0.1, 0.15) is 41.7 Å². The number of hydrogen-bond acceptors (Lipinski definition) is 6. The van der Waals surface area contributed by atoms with Gasteiger partial charge in [-0.15, -0.1) is 0 Å². The number of nitrogens with two attached hydrogens (primary N) is 2. The zero-order valence-electron chi connectivity index (χ0n) is 19.0. The van der Waals surface area contributed by atoms with Crippen LogP contribution in [0.15, 0.2) is 39.5 Å². The van der Waals surface area contributed by atoms with E-state index in [1.54, 1.807) is 20.4 Å². The average Bonchev–Trinajstić information content (AvgIpc) is 2.80. The molecule has 0 spiro atoms. The van der Waals surface area contributed by atoms with Crippen molar-refractivity contribution >= 4 is 11.9 Å². The summed E-state index contributed by atoms with van der Waals surface area (Å²) in [7, 11) is 3.22. The molecular formula is C22H29N6O5+. The van der Waals surface area contributed by atoms with E-state index in [4.69, 9.17) is 25.5 Å². The van der Waals surface area contributed by atoms with E-state index in [1.165, 1.54) is 6.07 Å². The van der Waals surface area contributed by atoms with Crippen LogP contribution in [0.5, 0.6) is 11.5 Å². The Bertz CT molecular complexity index is 1130. The summed E-state index contributed by atoms with van der Waals surface area (Å²) in [6.07, 6.45) is 3.81. The summed E-state index contributed by atoms with van der Waals surface area (Å²) < 4.78 is 18.5. The van der Waals surface area contributed by atoms with Crippen LogP contribution in [-0.2, 0) is 11.2 Å². The minimum Gasteiger partial charge on any atom is -0.493 e. The number of carbonyl (C=O) groups is 1. The Kier molecular flexibility index (Phi) is 7.78. The summed E-state index contributed by atoms with van der Waals surface area (Å²) in [5.41, 5.74) is 2.10. The van der Waals surface area contributed by atoms with Gasteiger partial charge < -0.3 is 18.8 Å². The number of fused-ring (bicyclic) bond motifs is 3. The van der Waals surface area contributed by atoms with Crippen molar-refractivity contribution in [3.05, 3.63) is 45.7 Å². The lowest BCUT2D eigenvalue weighted by Crippen LogP contribution is -2.50. The molecule has 0 aliphatic carbocycles. The van der Waals surface area contributed by atoms with E-state index in [1.807, 2.05) is 16.7 Å². The molecule has 176 valence electrons. The number of aromatic nitrogens is 1. The Hall–Kier alpha value is -3.73. The van der Waals surface area contributed by atoms with Gasteiger partial charge in [0, 0.05) is 49.2 Å². The molecule has 1 amide bonds. The van der Waals surface area contributed by atoms with Gasteiger partial charge in [-0.2, -0.15) is 0 Å². The second-order valence-electron chi connectivity index (χ2n) is 7.52. The summed E-state index contributed by atoms with van der Waals surface area (Å²) in [6, 6.07) is 5.32. The van der Waals surface area contributed by atoms with E-state index < -0.39 is 11.3 Å². The molecule has 33 heavy (non-hydrogen) atoms. The van der Waals surface area contributed by atoms with Crippen molar-refractivity contribution in [3.8, 4) is 22.8 Å². The van der Waals surface area contributed by atoms with Gasteiger partial charge in [-0.05, 0) is 30.5 Å². The van der Waals surface area contributed by atoms with Crippen molar-refractivity contribution in [2.45, 2.75) is 32.2 Å². The van der Waals surface area contributed by atoms with E-state index in [9.17, 15) is 9.59 Å². The van der Waals surface area contributed by atoms with E-state index in [-0.39, 0.29) is 17.6 Å². The van der Waals surface area contributed by atoms with Gasteiger partial charge in [0.05, 0.1) is 24.5 Å². The Balaban J connectivity index is 2.02. The number of methoxy groups -OCH3 is 2. The molecule has 5 N–H and O–H groups in total. The lowest BCUT2D eigenvalue weighted by Gasteiger charge is -2.31. The fourth-order valence-corrected chi connectivity index (χ4v) is 3.87. The molecule has 3 rings (SSSR count). The summed E-state index contributed by atoms with van der Waals surface area (Å²) >= 11 is 0. The van der Waals surface area contributed by atoms with Crippen LogP contribution in [0, 0.1) is 0 Å². The van der Waals surface area contributed by atoms with Crippen LogP contribution in [0.4, 0.5) is 0 Å². The number of ether oxygens (including phenoxy) is 3. The maximum Gasteiger partial charge on any atom is 0.414 e. The fraction of sp³-hybridized carbons (Fsp3) is 0.409. The van der Waals surface area contributed by atoms with Gasteiger partial charge in [-0.3, -0.25) is 20.8 Å². The molecule has 0 fully saturated rings. The molecule has 1 aliphatic rings. The third kappa shape index (κ3) is 5.20.